The maximum absolute atomic E-state index is 11.4. The summed E-state index contributed by atoms with van der Waals surface area (Å²) in [6, 6.07) is 0. The minimum Gasteiger partial charge on any atom is -0.422 e. The number of rotatable bonds is 7. The number of allylic oxidation sites excluding steroid dienone is 1. The molecule has 17 heavy (non-hydrogen) atoms. The SMILES string of the molecule is C=CC(=O)OC(CCCC)OC(=O)C=C(C)C. The van der Waals surface area contributed by atoms with Gasteiger partial charge in [-0.15, -0.1) is 0 Å². The van der Waals surface area contributed by atoms with Crippen LogP contribution in [0.4, 0.5) is 0 Å². The molecular formula is C13H20O4. The van der Waals surface area contributed by atoms with E-state index < -0.39 is 18.2 Å². The summed E-state index contributed by atoms with van der Waals surface area (Å²) in [6.07, 6.45) is 3.83. The van der Waals surface area contributed by atoms with Crippen LogP contribution in [0, 0.1) is 0 Å². The Morgan fingerprint density at radius 2 is 1.82 bits per heavy atom. The van der Waals surface area contributed by atoms with Gasteiger partial charge in [0.1, 0.15) is 0 Å². The van der Waals surface area contributed by atoms with Crippen molar-refractivity contribution in [2.45, 2.75) is 46.3 Å². The van der Waals surface area contributed by atoms with E-state index in [0.29, 0.717) is 6.42 Å². The summed E-state index contributed by atoms with van der Waals surface area (Å²) in [6.45, 7) is 8.88. The number of esters is 2. The molecule has 0 aromatic carbocycles. The Balaban J connectivity index is 4.36. The molecule has 0 radical (unpaired) electrons. The highest BCUT2D eigenvalue weighted by Crippen LogP contribution is 2.08. The summed E-state index contributed by atoms with van der Waals surface area (Å²) >= 11 is 0. The molecule has 96 valence electrons. The van der Waals surface area contributed by atoms with Crippen molar-refractivity contribution in [2.24, 2.45) is 0 Å². The van der Waals surface area contributed by atoms with Crippen LogP contribution in [0.25, 0.3) is 0 Å². The highest BCUT2D eigenvalue weighted by molar-refractivity contribution is 5.83. The van der Waals surface area contributed by atoms with Gasteiger partial charge in [-0.2, -0.15) is 0 Å². The maximum atomic E-state index is 11.4. The standard InChI is InChI=1S/C13H20O4/c1-5-7-8-13(16-11(14)6-2)17-12(15)9-10(3)4/h6,9,13H,2,5,7-8H2,1,3-4H3. The van der Waals surface area contributed by atoms with Gasteiger partial charge in [0.25, 0.3) is 0 Å². The lowest BCUT2D eigenvalue weighted by molar-refractivity contribution is -0.182. The van der Waals surface area contributed by atoms with Crippen LogP contribution >= 0.6 is 0 Å². The number of hydrogen-bond acceptors (Lipinski definition) is 4. The topological polar surface area (TPSA) is 52.6 Å². The first-order chi connectivity index (χ1) is 7.99. The van der Waals surface area contributed by atoms with Gasteiger partial charge < -0.3 is 9.47 Å². The lowest BCUT2D eigenvalue weighted by Gasteiger charge is -2.16. The highest BCUT2D eigenvalue weighted by atomic mass is 16.7. The van der Waals surface area contributed by atoms with Crippen molar-refractivity contribution in [3.05, 3.63) is 24.3 Å². The molecule has 0 aliphatic rings. The van der Waals surface area contributed by atoms with E-state index >= 15 is 0 Å². The number of carbonyl (C=O) groups excluding carboxylic acids is 2. The van der Waals surface area contributed by atoms with Crippen LogP contribution in [0.5, 0.6) is 0 Å². The van der Waals surface area contributed by atoms with Crippen molar-refractivity contribution >= 4 is 11.9 Å². The molecule has 0 bridgehead atoms. The minimum absolute atomic E-state index is 0.497. The van der Waals surface area contributed by atoms with Gasteiger partial charge in [0.15, 0.2) is 0 Å². The monoisotopic (exact) mass is 240 g/mol. The van der Waals surface area contributed by atoms with Crippen molar-refractivity contribution in [1.29, 1.82) is 0 Å². The number of ether oxygens (including phenoxy) is 2. The molecule has 0 spiro atoms. The van der Waals surface area contributed by atoms with E-state index in [1.165, 1.54) is 6.08 Å². The van der Waals surface area contributed by atoms with Gasteiger partial charge in [0, 0.05) is 18.6 Å². The minimum atomic E-state index is -0.830. The fraction of sp³-hybridized carbons (Fsp3) is 0.538. The Morgan fingerprint density at radius 3 is 2.29 bits per heavy atom. The Bertz CT molecular complexity index is 301. The highest BCUT2D eigenvalue weighted by Gasteiger charge is 2.15. The van der Waals surface area contributed by atoms with Crippen molar-refractivity contribution in [3.8, 4) is 0 Å². The fourth-order valence-electron chi connectivity index (χ4n) is 1.09. The van der Waals surface area contributed by atoms with Gasteiger partial charge in [-0.05, 0) is 20.3 Å². The lowest BCUT2D eigenvalue weighted by Crippen LogP contribution is -2.23. The summed E-state index contributed by atoms with van der Waals surface area (Å²) in [5.74, 6) is -1.08. The smallest absolute Gasteiger partial charge is 0.333 e. The predicted molar refractivity (Wildman–Crippen MR) is 65.1 cm³/mol. The van der Waals surface area contributed by atoms with Crippen LogP contribution in [-0.4, -0.2) is 18.2 Å². The Kier molecular flexibility index (Phi) is 7.76. The van der Waals surface area contributed by atoms with Gasteiger partial charge in [0.05, 0.1) is 0 Å². The molecule has 0 aromatic rings. The first-order valence-electron chi connectivity index (χ1n) is 5.68. The van der Waals surface area contributed by atoms with E-state index in [1.54, 1.807) is 13.8 Å². The normalized spacial score (nSPS) is 11.2. The molecule has 1 atom stereocenters. The summed E-state index contributed by atoms with van der Waals surface area (Å²) in [7, 11) is 0. The molecule has 0 saturated heterocycles. The zero-order valence-corrected chi connectivity index (χ0v) is 10.7. The molecule has 0 aliphatic heterocycles. The average molecular weight is 240 g/mol. The molecule has 4 heteroatoms. The summed E-state index contributed by atoms with van der Waals surface area (Å²) < 4.78 is 9.95. The zero-order valence-electron chi connectivity index (χ0n) is 10.7. The van der Waals surface area contributed by atoms with E-state index in [1.807, 2.05) is 6.92 Å². The Morgan fingerprint density at radius 1 is 1.24 bits per heavy atom. The molecule has 0 heterocycles. The summed E-state index contributed by atoms with van der Waals surface area (Å²) in [5.41, 5.74) is 0.833. The first-order valence-corrected chi connectivity index (χ1v) is 5.68. The largest absolute Gasteiger partial charge is 0.422 e. The van der Waals surface area contributed by atoms with Gasteiger partial charge in [-0.1, -0.05) is 25.5 Å². The van der Waals surface area contributed by atoms with Gasteiger partial charge >= 0.3 is 11.9 Å². The fourth-order valence-corrected chi connectivity index (χ4v) is 1.09. The van der Waals surface area contributed by atoms with Crippen LogP contribution in [0.15, 0.2) is 24.3 Å². The molecule has 1 unspecified atom stereocenters. The first kappa shape index (κ1) is 15.4. The average Bonchev–Trinajstić information content (AvgIpc) is 2.24. The molecule has 0 N–H and O–H groups in total. The van der Waals surface area contributed by atoms with Crippen molar-refractivity contribution in [3.63, 3.8) is 0 Å². The van der Waals surface area contributed by atoms with Crippen LogP contribution in [0.1, 0.15) is 40.0 Å². The third-order valence-corrected chi connectivity index (χ3v) is 1.86. The summed E-state index contributed by atoms with van der Waals surface area (Å²) in [4.78, 5) is 22.4. The molecule has 0 fully saturated rings. The van der Waals surface area contributed by atoms with E-state index in [-0.39, 0.29) is 0 Å². The van der Waals surface area contributed by atoms with E-state index in [2.05, 4.69) is 6.58 Å². The van der Waals surface area contributed by atoms with Gasteiger partial charge in [0.2, 0.25) is 6.29 Å². The Labute approximate surface area is 102 Å². The van der Waals surface area contributed by atoms with E-state index in [0.717, 1.165) is 24.5 Å². The third-order valence-electron chi connectivity index (χ3n) is 1.86. The van der Waals surface area contributed by atoms with E-state index in [4.69, 9.17) is 9.47 Å². The second-order valence-electron chi connectivity index (χ2n) is 3.87. The second kappa shape index (κ2) is 8.56. The molecule has 4 nitrogen and oxygen atoms in total. The molecule has 0 rings (SSSR count). The molecule has 0 amide bonds. The maximum Gasteiger partial charge on any atom is 0.333 e. The van der Waals surface area contributed by atoms with Crippen LogP contribution in [0.3, 0.4) is 0 Å². The predicted octanol–water partition coefficient (Wildman–Crippen LogP) is 2.74. The zero-order chi connectivity index (χ0) is 13.3. The number of unbranched alkanes of at least 4 members (excludes halogenated alkanes) is 1. The summed E-state index contributed by atoms with van der Waals surface area (Å²) in [5, 5.41) is 0. The van der Waals surface area contributed by atoms with Crippen LogP contribution in [-0.2, 0) is 19.1 Å². The molecule has 0 saturated carbocycles. The molecular weight excluding hydrogens is 220 g/mol. The van der Waals surface area contributed by atoms with Gasteiger partial charge in [-0.3, -0.25) is 0 Å². The van der Waals surface area contributed by atoms with Crippen LogP contribution in [0.2, 0.25) is 0 Å². The van der Waals surface area contributed by atoms with Crippen molar-refractivity contribution < 1.29 is 19.1 Å². The Hall–Kier alpha value is -1.58. The van der Waals surface area contributed by atoms with Gasteiger partial charge in [-0.25, -0.2) is 9.59 Å². The second-order valence-corrected chi connectivity index (χ2v) is 3.87. The third kappa shape index (κ3) is 8.25. The van der Waals surface area contributed by atoms with Crippen molar-refractivity contribution in [1.82, 2.24) is 0 Å². The van der Waals surface area contributed by atoms with Crippen LogP contribution < -0.4 is 0 Å². The quantitative estimate of drug-likeness (QED) is 0.390. The molecule has 0 aromatic heterocycles. The number of carbonyl (C=O) groups is 2. The van der Waals surface area contributed by atoms with E-state index in [9.17, 15) is 9.59 Å². The lowest BCUT2D eigenvalue weighted by atomic mass is 10.2. The number of hydrogen-bond donors (Lipinski definition) is 0. The molecule has 0 aliphatic carbocycles. The van der Waals surface area contributed by atoms with Crippen molar-refractivity contribution in [2.75, 3.05) is 0 Å².